The van der Waals surface area contributed by atoms with Gasteiger partial charge < -0.3 is 4.74 Å². The van der Waals surface area contributed by atoms with Gasteiger partial charge >= 0.3 is 5.69 Å². The zero-order chi connectivity index (χ0) is 16.5. The first-order valence-corrected chi connectivity index (χ1v) is 7.64. The van der Waals surface area contributed by atoms with Crippen LogP contribution in [0.4, 0.5) is 5.95 Å². The fourth-order valence-corrected chi connectivity index (χ4v) is 2.43. The molecule has 7 heteroatoms. The fraction of sp³-hybridized carbons (Fsp3) is 0.733. The number of aromatic nitrogens is 3. The van der Waals surface area contributed by atoms with Crippen molar-refractivity contribution in [3.8, 4) is 0 Å². The Balaban J connectivity index is 2.14. The Morgan fingerprint density at radius 2 is 2.18 bits per heavy atom. The third-order valence-corrected chi connectivity index (χ3v) is 3.89. The van der Waals surface area contributed by atoms with E-state index >= 15 is 0 Å². The van der Waals surface area contributed by atoms with Crippen LogP contribution in [0.15, 0.2) is 11.1 Å². The molecule has 1 aliphatic heterocycles. The molecule has 0 aliphatic carbocycles. The molecule has 0 saturated carbocycles. The summed E-state index contributed by atoms with van der Waals surface area (Å²) in [4.78, 5) is 31.9. The molecule has 1 N–H and O–H groups in total. The first-order chi connectivity index (χ1) is 10.2. The molecule has 2 heterocycles. The second-order valence-corrected chi connectivity index (χ2v) is 6.82. The quantitative estimate of drug-likeness (QED) is 0.922. The average molecular weight is 308 g/mol. The number of nitrogens with zero attached hydrogens (tertiary/aromatic N) is 3. The van der Waals surface area contributed by atoms with Gasteiger partial charge in [0, 0.05) is 5.41 Å². The van der Waals surface area contributed by atoms with Gasteiger partial charge in [-0.3, -0.25) is 14.7 Å². The third kappa shape index (κ3) is 3.52. The van der Waals surface area contributed by atoms with E-state index < -0.39 is 11.1 Å². The highest BCUT2D eigenvalue weighted by Crippen LogP contribution is 2.33. The first kappa shape index (κ1) is 16.6. The Morgan fingerprint density at radius 3 is 2.68 bits per heavy atom. The predicted octanol–water partition coefficient (Wildman–Crippen LogP) is 1.96. The van der Waals surface area contributed by atoms with Gasteiger partial charge in [-0.1, -0.05) is 34.6 Å². The van der Waals surface area contributed by atoms with E-state index in [4.69, 9.17) is 4.74 Å². The molecule has 0 unspecified atom stereocenters. The monoisotopic (exact) mass is 308 g/mol. The van der Waals surface area contributed by atoms with E-state index in [1.165, 1.54) is 10.9 Å². The summed E-state index contributed by atoms with van der Waals surface area (Å²) < 4.78 is 7.25. The molecular formula is C15H24N4O3. The molecule has 22 heavy (non-hydrogen) atoms. The van der Waals surface area contributed by atoms with Crippen molar-refractivity contribution >= 4 is 11.9 Å². The van der Waals surface area contributed by atoms with E-state index in [1.807, 2.05) is 0 Å². The Kier molecular flexibility index (Phi) is 4.65. The zero-order valence-electron chi connectivity index (χ0n) is 13.8. The lowest BCUT2D eigenvalue weighted by atomic mass is 9.96. The van der Waals surface area contributed by atoms with Crippen molar-refractivity contribution in [3.05, 3.63) is 16.8 Å². The predicted molar refractivity (Wildman–Crippen MR) is 82.4 cm³/mol. The molecular weight excluding hydrogens is 284 g/mol. The number of carbonyl (C=O) groups is 1. The summed E-state index contributed by atoms with van der Waals surface area (Å²) in [6.07, 6.45) is 2.88. The van der Waals surface area contributed by atoms with Gasteiger partial charge in [0.2, 0.25) is 11.9 Å². The van der Waals surface area contributed by atoms with Gasteiger partial charge in [-0.25, -0.2) is 9.78 Å². The highest BCUT2D eigenvalue weighted by Gasteiger charge is 2.32. The van der Waals surface area contributed by atoms with Crippen molar-refractivity contribution < 1.29 is 9.53 Å². The average Bonchev–Trinajstić information content (AvgIpc) is 2.78. The van der Waals surface area contributed by atoms with Gasteiger partial charge in [-0.05, 0) is 18.8 Å². The normalized spacial score (nSPS) is 25.2. The smallest absolute Gasteiger partial charge is 0.354 e. The number of amides is 1. The lowest BCUT2D eigenvalue weighted by Crippen LogP contribution is -2.32. The molecule has 0 bridgehead atoms. The number of nitrogens with one attached hydrogen (secondary N) is 1. The maximum atomic E-state index is 12.1. The van der Waals surface area contributed by atoms with Crippen LogP contribution in [0.3, 0.4) is 0 Å². The molecule has 0 spiro atoms. The van der Waals surface area contributed by atoms with Crippen LogP contribution >= 0.6 is 0 Å². The summed E-state index contributed by atoms with van der Waals surface area (Å²) in [7, 11) is 0. The van der Waals surface area contributed by atoms with Gasteiger partial charge in [-0.2, -0.15) is 4.98 Å². The molecule has 7 nitrogen and oxygen atoms in total. The van der Waals surface area contributed by atoms with Gasteiger partial charge in [0.05, 0.1) is 6.10 Å². The summed E-state index contributed by atoms with van der Waals surface area (Å²) in [5, 5.41) is 2.55. The molecule has 1 saturated heterocycles. The molecule has 1 aromatic rings. The number of rotatable bonds is 3. The minimum absolute atomic E-state index is 0.0271. The molecule has 3 atom stereocenters. The largest absolute Gasteiger partial charge is 0.354 e. The lowest BCUT2D eigenvalue weighted by Gasteiger charge is -2.17. The molecule has 1 aromatic heterocycles. The molecule has 0 radical (unpaired) electrons. The van der Waals surface area contributed by atoms with E-state index in [0.717, 1.165) is 12.8 Å². The van der Waals surface area contributed by atoms with E-state index in [2.05, 4.69) is 29.1 Å². The second-order valence-electron chi connectivity index (χ2n) is 6.82. The van der Waals surface area contributed by atoms with Gasteiger partial charge in [0.15, 0.2) is 0 Å². The molecule has 0 aromatic carbocycles. The van der Waals surface area contributed by atoms with Gasteiger partial charge in [-0.15, -0.1) is 0 Å². The van der Waals surface area contributed by atoms with Crippen molar-refractivity contribution in [2.45, 2.75) is 59.8 Å². The number of anilines is 1. The minimum Gasteiger partial charge on any atom is -0.354 e. The fourth-order valence-electron chi connectivity index (χ4n) is 2.43. The molecule has 1 aliphatic rings. The summed E-state index contributed by atoms with van der Waals surface area (Å²) in [5.41, 5.74) is -1.04. The Labute approximate surface area is 130 Å². The summed E-state index contributed by atoms with van der Waals surface area (Å²) in [5.74, 6) is 0.183. The van der Waals surface area contributed by atoms with Crippen LogP contribution in [-0.2, 0) is 9.53 Å². The van der Waals surface area contributed by atoms with Crippen LogP contribution in [0, 0.1) is 11.3 Å². The van der Waals surface area contributed by atoms with Crippen molar-refractivity contribution in [3.63, 3.8) is 0 Å². The first-order valence-electron chi connectivity index (χ1n) is 7.64. The van der Waals surface area contributed by atoms with Crippen LogP contribution in [0.5, 0.6) is 0 Å². The lowest BCUT2D eigenvalue weighted by molar-refractivity contribution is -0.123. The van der Waals surface area contributed by atoms with Crippen molar-refractivity contribution in [2.24, 2.45) is 11.3 Å². The number of carbonyl (C=O) groups excluding carboxylic acids is 1. The topological polar surface area (TPSA) is 86.1 Å². The van der Waals surface area contributed by atoms with Gasteiger partial charge in [0.1, 0.15) is 12.6 Å². The van der Waals surface area contributed by atoms with E-state index in [1.54, 1.807) is 20.8 Å². The highest BCUT2D eigenvalue weighted by atomic mass is 16.5. The molecule has 1 amide bonds. The summed E-state index contributed by atoms with van der Waals surface area (Å²) in [6.45, 7) is 9.51. The molecule has 1 fully saturated rings. The highest BCUT2D eigenvalue weighted by molar-refractivity contribution is 5.92. The zero-order valence-corrected chi connectivity index (χ0v) is 13.8. The van der Waals surface area contributed by atoms with E-state index in [0.29, 0.717) is 5.92 Å². The van der Waals surface area contributed by atoms with Crippen LogP contribution < -0.4 is 11.0 Å². The molecule has 2 rings (SSSR count). The van der Waals surface area contributed by atoms with Crippen molar-refractivity contribution in [1.82, 2.24) is 14.5 Å². The standard InChI is InChI=1S/C15H24N4O3/c1-6-10-9(2)7-11(22-10)19-8-16-13(18-14(19)21)17-12(20)15(3,4)5/h8-11H,6-7H2,1-5H3,(H,17,18,20,21)/t9-,10+,11+/m0/s1. The Bertz CT molecular complexity index is 606. The van der Waals surface area contributed by atoms with Crippen LogP contribution in [0.2, 0.25) is 0 Å². The maximum absolute atomic E-state index is 12.1. The van der Waals surface area contributed by atoms with Crippen molar-refractivity contribution in [2.75, 3.05) is 5.32 Å². The number of hydrogen-bond donors (Lipinski definition) is 1. The van der Waals surface area contributed by atoms with Crippen LogP contribution in [0.1, 0.15) is 53.7 Å². The SMILES string of the molecule is CC[C@H]1O[C@@H](n2cnc(NC(=O)C(C)(C)C)nc2=O)C[C@@H]1C. The Hall–Kier alpha value is -1.76. The molecule has 122 valence electrons. The van der Waals surface area contributed by atoms with Crippen LogP contribution in [0.25, 0.3) is 0 Å². The number of hydrogen-bond acceptors (Lipinski definition) is 5. The summed E-state index contributed by atoms with van der Waals surface area (Å²) >= 11 is 0. The van der Waals surface area contributed by atoms with E-state index in [-0.39, 0.29) is 24.2 Å². The minimum atomic E-state index is -0.573. The number of ether oxygens (including phenoxy) is 1. The Morgan fingerprint density at radius 1 is 1.50 bits per heavy atom. The van der Waals surface area contributed by atoms with Gasteiger partial charge in [0.25, 0.3) is 0 Å². The van der Waals surface area contributed by atoms with E-state index in [9.17, 15) is 9.59 Å². The second kappa shape index (κ2) is 6.16. The summed E-state index contributed by atoms with van der Waals surface area (Å²) in [6, 6.07) is 0. The van der Waals surface area contributed by atoms with Crippen molar-refractivity contribution in [1.29, 1.82) is 0 Å². The maximum Gasteiger partial charge on any atom is 0.354 e. The van der Waals surface area contributed by atoms with Crippen LogP contribution in [-0.4, -0.2) is 26.5 Å². The third-order valence-electron chi connectivity index (χ3n) is 3.89.